The van der Waals surface area contributed by atoms with Crippen LogP contribution in [0.3, 0.4) is 0 Å². The van der Waals surface area contributed by atoms with Crippen molar-refractivity contribution in [1.82, 2.24) is 9.21 Å². The van der Waals surface area contributed by atoms with Gasteiger partial charge in [-0.15, -0.1) is 0 Å². The van der Waals surface area contributed by atoms with Crippen molar-refractivity contribution in [3.05, 3.63) is 59.7 Å². The SMILES string of the molecule is CN(C)CCc1ccc(NC(=O)c2ccc(S(=O)(=O)N3CCOCC3)cc2)cc1. The van der Waals surface area contributed by atoms with E-state index in [4.69, 9.17) is 4.74 Å². The van der Waals surface area contributed by atoms with E-state index in [1.807, 2.05) is 38.4 Å². The van der Waals surface area contributed by atoms with E-state index in [9.17, 15) is 13.2 Å². The van der Waals surface area contributed by atoms with E-state index in [0.717, 1.165) is 13.0 Å². The molecule has 29 heavy (non-hydrogen) atoms. The molecule has 0 spiro atoms. The minimum atomic E-state index is -3.56. The Morgan fingerprint density at radius 1 is 1.03 bits per heavy atom. The highest BCUT2D eigenvalue weighted by molar-refractivity contribution is 7.89. The van der Waals surface area contributed by atoms with Gasteiger partial charge in [-0.05, 0) is 62.5 Å². The number of hydrogen-bond donors (Lipinski definition) is 1. The fourth-order valence-electron chi connectivity index (χ4n) is 3.03. The third-order valence-corrected chi connectivity index (χ3v) is 6.70. The summed E-state index contributed by atoms with van der Waals surface area (Å²) >= 11 is 0. The number of anilines is 1. The van der Waals surface area contributed by atoms with Crippen LogP contribution in [0.15, 0.2) is 53.4 Å². The van der Waals surface area contributed by atoms with Crippen molar-refractivity contribution in [1.29, 1.82) is 0 Å². The normalized spacial score (nSPS) is 15.4. The fourth-order valence-corrected chi connectivity index (χ4v) is 4.43. The first kappa shape index (κ1) is 21.4. The largest absolute Gasteiger partial charge is 0.379 e. The molecule has 8 heteroatoms. The van der Waals surface area contributed by atoms with Crippen LogP contribution < -0.4 is 5.32 Å². The first-order valence-corrected chi connectivity index (χ1v) is 11.0. The predicted molar refractivity (Wildman–Crippen MR) is 113 cm³/mol. The lowest BCUT2D eigenvalue weighted by Crippen LogP contribution is -2.40. The van der Waals surface area contributed by atoms with E-state index in [1.54, 1.807) is 0 Å². The maximum Gasteiger partial charge on any atom is 0.255 e. The number of rotatable bonds is 7. The highest BCUT2D eigenvalue weighted by Crippen LogP contribution is 2.18. The lowest BCUT2D eigenvalue weighted by molar-refractivity contribution is 0.0730. The summed E-state index contributed by atoms with van der Waals surface area (Å²) in [7, 11) is 0.506. The van der Waals surface area contributed by atoms with Crippen molar-refractivity contribution in [3.8, 4) is 0 Å². The van der Waals surface area contributed by atoms with E-state index < -0.39 is 10.0 Å². The molecule has 1 aliphatic heterocycles. The summed E-state index contributed by atoms with van der Waals surface area (Å²) in [6, 6.07) is 13.8. The second-order valence-corrected chi connectivity index (χ2v) is 9.18. The van der Waals surface area contributed by atoms with E-state index in [-0.39, 0.29) is 10.8 Å². The number of amides is 1. The van der Waals surface area contributed by atoms with Crippen molar-refractivity contribution < 1.29 is 17.9 Å². The third-order valence-electron chi connectivity index (χ3n) is 4.78. The summed E-state index contributed by atoms with van der Waals surface area (Å²) in [6.07, 6.45) is 0.945. The molecule has 156 valence electrons. The van der Waals surface area contributed by atoms with Crippen molar-refractivity contribution in [3.63, 3.8) is 0 Å². The Labute approximate surface area is 172 Å². The standard InChI is InChI=1S/C21H27N3O4S/c1-23(2)12-11-17-3-7-19(8-4-17)22-21(25)18-5-9-20(10-6-18)29(26,27)24-13-15-28-16-14-24/h3-10H,11-16H2,1-2H3,(H,22,25). The highest BCUT2D eigenvalue weighted by atomic mass is 32.2. The number of nitrogens with one attached hydrogen (secondary N) is 1. The molecule has 1 aliphatic rings. The zero-order valence-electron chi connectivity index (χ0n) is 16.8. The Kier molecular flexibility index (Phi) is 7.02. The van der Waals surface area contributed by atoms with Gasteiger partial charge >= 0.3 is 0 Å². The van der Waals surface area contributed by atoms with Crippen molar-refractivity contribution in [2.24, 2.45) is 0 Å². The average molecular weight is 418 g/mol. The average Bonchev–Trinajstić information content (AvgIpc) is 2.74. The minimum absolute atomic E-state index is 0.182. The Morgan fingerprint density at radius 2 is 1.66 bits per heavy atom. The van der Waals surface area contributed by atoms with Crippen LogP contribution in [0, 0.1) is 0 Å². The molecular weight excluding hydrogens is 390 g/mol. The molecule has 7 nitrogen and oxygen atoms in total. The van der Waals surface area contributed by atoms with Gasteiger partial charge in [0.2, 0.25) is 10.0 Å². The fraction of sp³-hybridized carbons (Fsp3) is 0.381. The molecule has 0 saturated carbocycles. The second kappa shape index (κ2) is 9.49. The number of ether oxygens (including phenoxy) is 1. The van der Waals surface area contributed by atoms with Crippen LogP contribution in [0.25, 0.3) is 0 Å². The van der Waals surface area contributed by atoms with Crippen LogP contribution in [0.4, 0.5) is 5.69 Å². The van der Waals surface area contributed by atoms with E-state index in [2.05, 4.69) is 10.2 Å². The summed E-state index contributed by atoms with van der Waals surface area (Å²) in [5.74, 6) is -0.277. The highest BCUT2D eigenvalue weighted by Gasteiger charge is 2.26. The van der Waals surface area contributed by atoms with Crippen LogP contribution in [-0.4, -0.2) is 70.5 Å². The van der Waals surface area contributed by atoms with Gasteiger partial charge in [-0.1, -0.05) is 12.1 Å². The molecule has 0 atom stereocenters. The number of hydrogen-bond acceptors (Lipinski definition) is 5. The molecule has 3 rings (SSSR count). The lowest BCUT2D eigenvalue weighted by Gasteiger charge is -2.26. The van der Waals surface area contributed by atoms with Gasteiger partial charge in [-0.3, -0.25) is 4.79 Å². The lowest BCUT2D eigenvalue weighted by atomic mass is 10.1. The van der Waals surface area contributed by atoms with Crippen molar-refractivity contribution in [2.75, 3.05) is 52.3 Å². The van der Waals surface area contributed by atoms with Gasteiger partial charge in [0.05, 0.1) is 18.1 Å². The van der Waals surface area contributed by atoms with Crippen LogP contribution in [-0.2, 0) is 21.2 Å². The van der Waals surface area contributed by atoms with Gasteiger partial charge in [0.1, 0.15) is 0 Å². The quantitative estimate of drug-likeness (QED) is 0.746. The third kappa shape index (κ3) is 5.63. The molecule has 1 fully saturated rings. The smallest absolute Gasteiger partial charge is 0.255 e. The molecular formula is C21H27N3O4S. The summed E-state index contributed by atoms with van der Waals surface area (Å²) in [5.41, 5.74) is 2.31. The summed E-state index contributed by atoms with van der Waals surface area (Å²) in [4.78, 5) is 14.8. The number of benzene rings is 2. The van der Waals surface area contributed by atoms with E-state index in [0.29, 0.717) is 37.6 Å². The minimum Gasteiger partial charge on any atom is -0.379 e. The Morgan fingerprint density at radius 3 is 2.24 bits per heavy atom. The van der Waals surface area contributed by atoms with Crippen LogP contribution in [0.1, 0.15) is 15.9 Å². The number of nitrogens with zero attached hydrogens (tertiary/aromatic N) is 2. The second-order valence-electron chi connectivity index (χ2n) is 7.25. The van der Waals surface area contributed by atoms with Gasteiger partial charge in [0, 0.05) is 30.9 Å². The summed E-state index contributed by atoms with van der Waals surface area (Å²) in [5, 5.41) is 2.85. The molecule has 0 radical (unpaired) electrons. The summed E-state index contributed by atoms with van der Waals surface area (Å²) in [6.45, 7) is 2.44. The summed E-state index contributed by atoms with van der Waals surface area (Å²) < 4.78 is 31.9. The predicted octanol–water partition coefficient (Wildman–Crippen LogP) is 2.06. The van der Waals surface area contributed by atoms with Gasteiger partial charge in [0.25, 0.3) is 5.91 Å². The number of carbonyl (C=O) groups excluding carboxylic acids is 1. The first-order chi connectivity index (χ1) is 13.9. The monoisotopic (exact) mass is 417 g/mol. The number of carbonyl (C=O) groups is 1. The number of morpholine rings is 1. The molecule has 1 amide bonds. The Hall–Kier alpha value is -2.26. The Balaban J connectivity index is 1.63. The van der Waals surface area contributed by atoms with Crippen molar-refractivity contribution in [2.45, 2.75) is 11.3 Å². The van der Waals surface area contributed by atoms with Crippen LogP contribution in [0.2, 0.25) is 0 Å². The molecule has 2 aromatic carbocycles. The van der Waals surface area contributed by atoms with Crippen molar-refractivity contribution >= 4 is 21.6 Å². The molecule has 1 heterocycles. The topological polar surface area (TPSA) is 79.0 Å². The molecule has 0 unspecified atom stereocenters. The molecule has 2 aromatic rings. The van der Waals surface area contributed by atoms with Crippen LogP contribution >= 0.6 is 0 Å². The molecule has 0 aliphatic carbocycles. The Bertz CT molecular complexity index is 919. The molecule has 0 aromatic heterocycles. The molecule has 1 N–H and O–H groups in total. The van der Waals surface area contributed by atoms with E-state index in [1.165, 1.54) is 34.1 Å². The van der Waals surface area contributed by atoms with Gasteiger partial charge < -0.3 is 15.0 Å². The van der Waals surface area contributed by atoms with Gasteiger partial charge in [-0.25, -0.2) is 8.42 Å². The molecule has 1 saturated heterocycles. The van der Waals surface area contributed by atoms with Gasteiger partial charge in [0.15, 0.2) is 0 Å². The maximum atomic E-state index is 12.7. The number of likely N-dealkylation sites (N-methyl/N-ethyl adjacent to an activating group) is 1. The van der Waals surface area contributed by atoms with Gasteiger partial charge in [-0.2, -0.15) is 4.31 Å². The number of sulfonamides is 1. The maximum absolute atomic E-state index is 12.7. The first-order valence-electron chi connectivity index (χ1n) is 9.59. The van der Waals surface area contributed by atoms with E-state index >= 15 is 0 Å². The zero-order chi connectivity index (χ0) is 20.9. The molecule has 0 bridgehead atoms. The van der Waals surface area contributed by atoms with Crippen LogP contribution in [0.5, 0.6) is 0 Å². The zero-order valence-corrected chi connectivity index (χ0v) is 17.6.